The smallest absolute Gasteiger partial charge is 0.399 e. The fraction of sp³-hybridized carbons (Fsp3) is 0.455. The number of nitrogen functional groups attached to an aromatic ring is 1. The average molecular weight is 230 g/mol. The van der Waals surface area contributed by atoms with E-state index in [1.54, 1.807) is 11.9 Å². The highest BCUT2D eigenvalue weighted by molar-refractivity contribution is 5.61. The molecule has 0 saturated heterocycles. The zero-order valence-electron chi connectivity index (χ0n) is 8.88. The molecule has 1 saturated carbocycles. The molecule has 1 aliphatic rings. The van der Waals surface area contributed by atoms with Crippen LogP contribution in [-0.4, -0.2) is 13.1 Å². The Balaban J connectivity index is 2.43. The van der Waals surface area contributed by atoms with Crippen molar-refractivity contribution in [1.82, 2.24) is 0 Å². The predicted molar refractivity (Wildman–Crippen MR) is 57.3 cm³/mol. The number of anilines is 2. The van der Waals surface area contributed by atoms with Crippen LogP contribution >= 0.6 is 0 Å². The van der Waals surface area contributed by atoms with E-state index in [0.29, 0.717) is 0 Å². The molecule has 1 aliphatic carbocycles. The zero-order valence-corrected chi connectivity index (χ0v) is 8.88. The fourth-order valence-corrected chi connectivity index (χ4v) is 1.75. The molecule has 2 N–H and O–H groups in total. The van der Waals surface area contributed by atoms with Crippen molar-refractivity contribution in [1.29, 1.82) is 0 Å². The van der Waals surface area contributed by atoms with E-state index in [1.807, 2.05) is 0 Å². The number of hydrogen-bond acceptors (Lipinski definition) is 2. The first-order valence-corrected chi connectivity index (χ1v) is 5.09. The normalized spacial score (nSPS) is 16.2. The Kier molecular flexibility index (Phi) is 2.48. The number of hydrogen-bond donors (Lipinski definition) is 1. The molecule has 0 spiro atoms. The summed E-state index contributed by atoms with van der Waals surface area (Å²) in [5, 5.41) is 0. The molecule has 0 unspecified atom stereocenters. The molecule has 0 aromatic heterocycles. The van der Waals surface area contributed by atoms with E-state index < -0.39 is 11.7 Å². The van der Waals surface area contributed by atoms with E-state index in [2.05, 4.69) is 0 Å². The average Bonchev–Trinajstić information content (AvgIpc) is 2.98. The quantitative estimate of drug-likeness (QED) is 0.791. The summed E-state index contributed by atoms with van der Waals surface area (Å²) in [6.07, 6.45) is -2.44. The maximum Gasteiger partial charge on any atom is 0.418 e. The third-order valence-corrected chi connectivity index (χ3v) is 2.80. The summed E-state index contributed by atoms with van der Waals surface area (Å²) >= 11 is 0. The van der Waals surface area contributed by atoms with Crippen molar-refractivity contribution < 1.29 is 13.2 Å². The van der Waals surface area contributed by atoms with Crippen molar-refractivity contribution in [2.75, 3.05) is 17.7 Å². The summed E-state index contributed by atoms with van der Waals surface area (Å²) in [5.74, 6) is 0. The Labute approximate surface area is 91.8 Å². The fourth-order valence-electron chi connectivity index (χ4n) is 1.75. The third kappa shape index (κ3) is 2.08. The van der Waals surface area contributed by atoms with Crippen molar-refractivity contribution in [2.45, 2.75) is 25.1 Å². The van der Waals surface area contributed by atoms with Crippen LogP contribution in [0.25, 0.3) is 0 Å². The minimum atomic E-state index is -4.35. The summed E-state index contributed by atoms with van der Waals surface area (Å²) < 4.78 is 38.4. The third-order valence-electron chi connectivity index (χ3n) is 2.80. The molecule has 2 rings (SSSR count). The molecule has 1 aromatic rings. The van der Waals surface area contributed by atoms with Crippen molar-refractivity contribution >= 4 is 11.4 Å². The summed E-state index contributed by atoms with van der Waals surface area (Å²) in [6.45, 7) is 0. The van der Waals surface area contributed by atoms with Crippen molar-refractivity contribution in [3.05, 3.63) is 23.8 Å². The maximum absolute atomic E-state index is 12.8. The van der Waals surface area contributed by atoms with Gasteiger partial charge in [-0.15, -0.1) is 0 Å². The van der Waals surface area contributed by atoms with E-state index in [0.717, 1.165) is 18.9 Å². The van der Waals surface area contributed by atoms with Crippen LogP contribution in [-0.2, 0) is 6.18 Å². The molecule has 0 atom stereocenters. The molecule has 88 valence electrons. The highest BCUT2D eigenvalue weighted by Crippen LogP contribution is 2.40. The molecule has 0 amide bonds. The number of benzene rings is 1. The standard InChI is InChI=1S/C11H13F3N2/c1-16(8-3-4-8)10-5-2-7(15)6-9(10)11(12,13)14/h2,5-6,8H,3-4,15H2,1H3. The number of alkyl halides is 3. The van der Waals surface area contributed by atoms with Gasteiger partial charge < -0.3 is 10.6 Å². The van der Waals surface area contributed by atoms with Gasteiger partial charge in [0.2, 0.25) is 0 Å². The lowest BCUT2D eigenvalue weighted by atomic mass is 10.1. The van der Waals surface area contributed by atoms with Crippen molar-refractivity contribution in [3.63, 3.8) is 0 Å². The Bertz CT molecular complexity index is 397. The van der Waals surface area contributed by atoms with Crippen LogP contribution in [0.15, 0.2) is 18.2 Å². The number of nitrogens with two attached hydrogens (primary N) is 1. The second-order valence-corrected chi connectivity index (χ2v) is 4.12. The monoisotopic (exact) mass is 230 g/mol. The Morgan fingerprint density at radius 2 is 1.94 bits per heavy atom. The molecule has 0 bridgehead atoms. The van der Waals surface area contributed by atoms with Gasteiger partial charge in [-0.05, 0) is 31.0 Å². The lowest BCUT2D eigenvalue weighted by molar-refractivity contribution is -0.137. The SMILES string of the molecule is CN(c1ccc(N)cc1C(F)(F)F)C1CC1. The first kappa shape index (κ1) is 11.1. The minimum Gasteiger partial charge on any atom is -0.399 e. The number of halogens is 3. The minimum absolute atomic E-state index is 0.139. The summed E-state index contributed by atoms with van der Waals surface area (Å²) in [6, 6.07) is 4.18. The van der Waals surface area contributed by atoms with E-state index >= 15 is 0 Å². The van der Waals surface area contributed by atoms with Gasteiger partial charge in [0.1, 0.15) is 0 Å². The topological polar surface area (TPSA) is 29.3 Å². The van der Waals surface area contributed by atoms with Gasteiger partial charge in [-0.25, -0.2) is 0 Å². The Hall–Kier alpha value is -1.39. The highest BCUT2D eigenvalue weighted by Gasteiger charge is 2.37. The van der Waals surface area contributed by atoms with Gasteiger partial charge in [0.25, 0.3) is 0 Å². The molecule has 0 heterocycles. The lowest BCUT2D eigenvalue weighted by Gasteiger charge is -2.23. The number of rotatable bonds is 2. The van der Waals surface area contributed by atoms with Gasteiger partial charge in [0, 0.05) is 24.5 Å². The van der Waals surface area contributed by atoms with Gasteiger partial charge >= 0.3 is 6.18 Å². The number of nitrogens with zero attached hydrogens (tertiary/aromatic N) is 1. The summed E-state index contributed by atoms with van der Waals surface area (Å²) in [7, 11) is 1.69. The van der Waals surface area contributed by atoms with Crippen LogP contribution in [0, 0.1) is 0 Å². The molecule has 1 aromatic carbocycles. The van der Waals surface area contributed by atoms with E-state index in [9.17, 15) is 13.2 Å². The van der Waals surface area contributed by atoms with Crippen LogP contribution < -0.4 is 10.6 Å². The van der Waals surface area contributed by atoms with E-state index in [1.165, 1.54) is 12.1 Å². The lowest BCUT2D eigenvalue weighted by Crippen LogP contribution is -2.23. The largest absolute Gasteiger partial charge is 0.418 e. The molecular formula is C11H13F3N2. The molecule has 0 aliphatic heterocycles. The van der Waals surface area contributed by atoms with Crippen molar-refractivity contribution in [3.8, 4) is 0 Å². The van der Waals surface area contributed by atoms with Crippen LogP contribution in [0.4, 0.5) is 24.5 Å². The van der Waals surface area contributed by atoms with Gasteiger partial charge in [-0.3, -0.25) is 0 Å². The van der Waals surface area contributed by atoms with Gasteiger partial charge in [0.15, 0.2) is 0 Å². The van der Waals surface area contributed by atoms with E-state index in [4.69, 9.17) is 5.73 Å². The molecule has 5 heteroatoms. The predicted octanol–water partition coefficient (Wildman–Crippen LogP) is 2.89. The van der Waals surface area contributed by atoms with Gasteiger partial charge in [0.05, 0.1) is 5.56 Å². The van der Waals surface area contributed by atoms with Crippen LogP contribution in [0.5, 0.6) is 0 Å². The summed E-state index contributed by atoms with van der Waals surface area (Å²) in [4.78, 5) is 1.68. The van der Waals surface area contributed by atoms with Gasteiger partial charge in [-0.2, -0.15) is 13.2 Å². The van der Waals surface area contributed by atoms with Crippen LogP contribution in [0.1, 0.15) is 18.4 Å². The second kappa shape index (κ2) is 3.57. The van der Waals surface area contributed by atoms with E-state index in [-0.39, 0.29) is 17.4 Å². The summed E-state index contributed by atoms with van der Waals surface area (Å²) in [5.41, 5.74) is 5.10. The molecule has 1 fully saturated rings. The highest BCUT2D eigenvalue weighted by atomic mass is 19.4. The molecular weight excluding hydrogens is 217 g/mol. The van der Waals surface area contributed by atoms with Gasteiger partial charge in [-0.1, -0.05) is 0 Å². The zero-order chi connectivity index (χ0) is 11.9. The Morgan fingerprint density at radius 3 is 2.44 bits per heavy atom. The first-order valence-electron chi connectivity index (χ1n) is 5.09. The van der Waals surface area contributed by atoms with Crippen molar-refractivity contribution in [2.24, 2.45) is 0 Å². The second-order valence-electron chi connectivity index (χ2n) is 4.12. The Morgan fingerprint density at radius 1 is 1.31 bits per heavy atom. The maximum atomic E-state index is 12.8. The first-order chi connectivity index (χ1) is 7.39. The van der Waals surface area contributed by atoms with Crippen LogP contribution in [0.3, 0.4) is 0 Å². The molecule has 16 heavy (non-hydrogen) atoms. The molecule has 0 radical (unpaired) electrons. The molecule has 2 nitrogen and oxygen atoms in total. The van der Waals surface area contributed by atoms with Crippen LogP contribution in [0.2, 0.25) is 0 Å².